The maximum Gasteiger partial charge on any atom is 0.254 e. The number of hydrogen-bond donors (Lipinski definition) is 1. The molecule has 0 aliphatic carbocycles. The second-order valence-electron chi connectivity index (χ2n) is 7.43. The minimum Gasteiger partial charge on any atom is -0.352 e. The van der Waals surface area contributed by atoms with Crippen LogP contribution in [0, 0.1) is 12.8 Å². The van der Waals surface area contributed by atoms with Crippen molar-refractivity contribution in [2.45, 2.75) is 40.0 Å². The van der Waals surface area contributed by atoms with Crippen molar-refractivity contribution in [3.05, 3.63) is 47.3 Å². The zero-order valence-electron chi connectivity index (χ0n) is 16.2. The highest BCUT2D eigenvalue weighted by molar-refractivity contribution is 5.95. The molecule has 1 unspecified atom stereocenters. The number of rotatable bonds is 7. The number of carbonyl (C=O) groups is 1. The average Bonchev–Trinajstić information content (AvgIpc) is 3.29. The molecule has 0 spiro atoms. The lowest BCUT2D eigenvalue weighted by Gasteiger charge is -2.20. The van der Waals surface area contributed by atoms with Crippen LogP contribution in [0.2, 0.25) is 0 Å². The number of nitrogens with one attached hydrogen (secondary N) is 1. The van der Waals surface area contributed by atoms with E-state index in [-0.39, 0.29) is 5.91 Å². The molecule has 1 amide bonds. The molecular formula is C21H30N4O. The third kappa shape index (κ3) is 4.33. The van der Waals surface area contributed by atoms with E-state index in [1.54, 1.807) is 6.20 Å². The molecule has 3 rings (SSSR count). The van der Waals surface area contributed by atoms with Crippen molar-refractivity contribution >= 4 is 5.91 Å². The Morgan fingerprint density at radius 1 is 1.23 bits per heavy atom. The highest BCUT2D eigenvalue weighted by atomic mass is 16.1. The van der Waals surface area contributed by atoms with Crippen molar-refractivity contribution in [2.75, 3.05) is 26.2 Å². The normalized spacial score (nSPS) is 16.0. The molecule has 5 heteroatoms. The van der Waals surface area contributed by atoms with E-state index in [0.717, 1.165) is 24.3 Å². The Morgan fingerprint density at radius 2 is 1.92 bits per heavy atom. The lowest BCUT2D eigenvalue weighted by Crippen LogP contribution is -2.34. The van der Waals surface area contributed by atoms with E-state index < -0.39 is 0 Å². The lowest BCUT2D eigenvalue weighted by molar-refractivity contribution is 0.0944. The van der Waals surface area contributed by atoms with E-state index in [9.17, 15) is 4.79 Å². The Balaban J connectivity index is 1.64. The van der Waals surface area contributed by atoms with Gasteiger partial charge >= 0.3 is 0 Å². The quantitative estimate of drug-likeness (QED) is 0.831. The van der Waals surface area contributed by atoms with Crippen molar-refractivity contribution < 1.29 is 4.79 Å². The second kappa shape index (κ2) is 8.49. The first-order valence-electron chi connectivity index (χ1n) is 9.73. The minimum absolute atomic E-state index is 0.0199. The van der Waals surface area contributed by atoms with Gasteiger partial charge in [-0.2, -0.15) is 5.10 Å². The first kappa shape index (κ1) is 18.6. The van der Waals surface area contributed by atoms with Crippen LogP contribution in [-0.2, 0) is 6.42 Å². The third-order valence-electron chi connectivity index (χ3n) is 5.11. The van der Waals surface area contributed by atoms with Crippen LogP contribution in [0.15, 0.2) is 30.5 Å². The monoisotopic (exact) mass is 354 g/mol. The summed E-state index contributed by atoms with van der Waals surface area (Å²) >= 11 is 0. The first-order valence-corrected chi connectivity index (χ1v) is 9.73. The van der Waals surface area contributed by atoms with Crippen molar-refractivity contribution in [1.29, 1.82) is 0 Å². The predicted octanol–water partition coefficient (Wildman–Crippen LogP) is 3.20. The Labute approximate surface area is 156 Å². The summed E-state index contributed by atoms with van der Waals surface area (Å²) in [5, 5.41) is 7.57. The van der Waals surface area contributed by atoms with Crippen molar-refractivity contribution in [3.63, 3.8) is 0 Å². The number of likely N-dealkylation sites (tertiary alicyclic amines) is 1. The Kier molecular flexibility index (Phi) is 6.09. The molecule has 1 aliphatic heterocycles. The van der Waals surface area contributed by atoms with Crippen LogP contribution in [0.1, 0.15) is 48.3 Å². The highest BCUT2D eigenvalue weighted by Gasteiger charge is 2.19. The van der Waals surface area contributed by atoms with Gasteiger partial charge in [0.15, 0.2) is 0 Å². The predicted molar refractivity (Wildman–Crippen MR) is 105 cm³/mol. The van der Waals surface area contributed by atoms with Crippen LogP contribution in [0.5, 0.6) is 0 Å². The van der Waals surface area contributed by atoms with Crippen LogP contribution in [0.4, 0.5) is 0 Å². The standard InChI is InChI=1S/C21H30N4O/c1-4-20-19(14-23-25(20)18-9-7-16(2)8-10-18)21(26)22-13-17(3)15-24-11-5-6-12-24/h7-10,14,17H,4-6,11-13,15H2,1-3H3,(H,22,26). The fraction of sp³-hybridized carbons (Fsp3) is 0.524. The van der Waals surface area contributed by atoms with Gasteiger partial charge < -0.3 is 10.2 Å². The molecule has 140 valence electrons. The lowest BCUT2D eigenvalue weighted by atomic mass is 10.1. The zero-order chi connectivity index (χ0) is 18.5. The number of aromatic nitrogens is 2. The summed E-state index contributed by atoms with van der Waals surface area (Å²) in [4.78, 5) is 15.2. The van der Waals surface area contributed by atoms with Gasteiger partial charge in [-0.3, -0.25) is 4.79 Å². The highest BCUT2D eigenvalue weighted by Crippen LogP contribution is 2.17. The molecule has 0 bridgehead atoms. The molecule has 2 heterocycles. The number of hydrogen-bond acceptors (Lipinski definition) is 3. The molecule has 1 saturated heterocycles. The minimum atomic E-state index is -0.0199. The summed E-state index contributed by atoms with van der Waals surface area (Å²) in [6, 6.07) is 8.22. The molecule has 26 heavy (non-hydrogen) atoms. The largest absolute Gasteiger partial charge is 0.352 e. The summed E-state index contributed by atoms with van der Waals surface area (Å²) < 4.78 is 1.88. The molecule has 1 fully saturated rings. The topological polar surface area (TPSA) is 50.2 Å². The molecule has 1 N–H and O–H groups in total. The maximum atomic E-state index is 12.7. The van der Waals surface area contributed by atoms with E-state index in [4.69, 9.17) is 0 Å². The van der Waals surface area contributed by atoms with E-state index in [1.807, 2.05) is 16.8 Å². The molecule has 1 aromatic carbocycles. The fourth-order valence-corrected chi connectivity index (χ4v) is 3.64. The number of amides is 1. The Morgan fingerprint density at radius 3 is 2.58 bits per heavy atom. The zero-order valence-corrected chi connectivity index (χ0v) is 16.2. The molecule has 1 aromatic heterocycles. The van der Waals surface area contributed by atoms with Crippen molar-refractivity contribution in [3.8, 4) is 5.69 Å². The maximum absolute atomic E-state index is 12.7. The molecule has 5 nitrogen and oxygen atoms in total. The van der Waals surface area contributed by atoms with E-state index in [1.165, 1.54) is 31.5 Å². The number of carbonyl (C=O) groups excluding carboxylic acids is 1. The summed E-state index contributed by atoms with van der Waals surface area (Å²) in [5.41, 5.74) is 3.85. The summed E-state index contributed by atoms with van der Waals surface area (Å²) in [6.07, 6.45) is 5.06. The Hall–Kier alpha value is -2.14. The number of nitrogens with zero attached hydrogens (tertiary/aromatic N) is 3. The van der Waals surface area contributed by atoms with E-state index in [2.05, 4.69) is 48.2 Å². The van der Waals surface area contributed by atoms with Gasteiger partial charge in [0.25, 0.3) is 5.91 Å². The van der Waals surface area contributed by atoms with Gasteiger partial charge in [0, 0.05) is 13.1 Å². The molecule has 0 saturated carbocycles. The number of benzene rings is 1. The van der Waals surface area contributed by atoms with Gasteiger partial charge in [-0.05, 0) is 57.3 Å². The average molecular weight is 354 g/mol. The first-order chi connectivity index (χ1) is 12.6. The van der Waals surface area contributed by atoms with Gasteiger partial charge in [-0.1, -0.05) is 31.5 Å². The van der Waals surface area contributed by atoms with Gasteiger partial charge in [0.2, 0.25) is 0 Å². The van der Waals surface area contributed by atoms with Crippen molar-refractivity contribution in [2.24, 2.45) is 5.92 Å². The molecular weight excluding hydrogens is 324 g/mol. The van der Waals surface area contributed by atoms with Gasteiger partial charge in [-0.25, -0.2) is 4.68 Å². The third-order valence-corrected chi connectivity index (χ3v) is 5.11. The number of aryl methyl sites for hydroxylation is 1. The van der Waals surface area contributed by atoms with Crippen LogP contribution in [0.3, 0.4) is 0 Å². The molecule has 0 radical (unpaired) electrons. The Bertz CT molecular complexity index is 729. The van der Waals surface area contributed by atoms with Gasteiger partial charge in [0.1, 0.15) is 0 Å². The molecule has 2 aromatic rings. The van der Waals surface area contributed by atoms with Crippen molar-refractivity contribution in [1.82, 2.24) is 20.0 Å². The smallest absolute Gasteiger partial charge is 0.254 e. The molecule has 1 aliphatic rings. The van der Waals surface area contributed by atoms with Crippen LogP contribution in [-0.4, -0.2) is 46.8 Å². The summed E-state index contributed by atoms with van der Waals surface area (Å²) in [5.74, 6) is 0.433. The fourth-order valence-electron chi connectivity index (χ4n) is 3.64. The summed E-state index contributed by atoms with van der Waals surface area (Å²) in [7, 11) is 0. The van der Waals surface area contributed by atoms with E-state index in [0.29, 0.717) is 18.0 Å². The van der Waals surface area contributed by atoms with Crippen LogP contribution in [0.25, 0.3) is 5.69 Å². The summed E-state index contributed by atoms with van der Waals surface area (Å²) in [6.45, 7) is 10.5. The molecule has 1 atom stereocenters. The van der Waals surface area contributed by atoms with Crippen LogP contribution >= 0.6 is 0 Å². The van der Waals surface area contributed by atoms with Crippen LogP contribution < -0.4 is 5.32 Å². The van der Waals surface area contributed by atoms with Gasteiger partial charge in [0.05, 0.1) is 23.1 Å². The SMILES string of the molecule is CCc1c(C(=O)NCC(C)CN2CCCC2)cnn1-c1ccc(C)cc1. The van der Waals surface area contributed by atoms with Gasteiger partial charge in [-0.15, -0.1) is 0 Å². The second-order valence-corrected chi connectivity index (χ2v) is 7.43. The van der Waals surface area contributed by atoms with E-state index >= 15 is 0 Å².